The second-order valence-electron chi connectivity index (χ2n) is 2.53. The smallest absolute Gasteiger partial charge is 0.330 e. The average Bonchev–Trinajstić information content (AvgIpc) is 1.82. The molecule has 5 nitrogen and oxygen atoms in total. The van der Waals surface area contributed by atoms with E-state index < -0.39 is 15.8 Å². The Kier molecular flexibility index (Phi) is 2.37. The minimum Gasteiger partial charge on any atom is -0.478 e. The number of hydrogen-bond donors (Lipinski definition) is 2. The first-order chi connectivity index (χ1) is 5.49. The Hall–Kier alpha value is -1.04. The van der Waals surface area contributed by atoms with Crippen LogP contribution in [0.25, 0.3) is 0 Å². The van der Waals surface area contributed by atoms with Gasteiger partial charge in [0.05, 0.1) is 11.5 Å². The molecule has 1 rings (SSSR count). The van der Waals surface area contributed by atoms with Crippen LogP contribution >= 0.6 is 0 Å². The second-order valence-corrected chi connectivity index (χ2v) is 4.71. The van der Waals surface area contributed by atoms with Crippen molar-refractivity contribution >= 4 is 15.8 Å². The molecular formula is C6H9NO4S. The van der Waals surface area contributed by atoms with E-state index in [2.05, 4.69) is 5.32 Å². The minimum absolute atomic E-state index is 0.0734. The van der Waals surface area contributed by atoms with Crippen LogP contribution in [0.1, 0.15) is 0 Å². The number of carbonyl (C=O) groups is 1. The van der Waals surface area contributed by atoms with E-state index in [0.717, 1.165) is 6.08 Å². The first kappa shape index (κ1) is 9.05. The highest BCUT2D eigenvalue weighted by atomic mass is 32.2. The Balaban J connectivity index is 2.77. The van der Waals surface area contributed by atoms with Crippen molar-refractivity contribution in [1.82, 2.24) is 5.32 Å². The fraction of sp³-hybridized carbons (Fsp3) is 0.500. The highest BCUT2D eigenvalue weighted by Crippen LogP contribution is 2.03. The van der Waals surface area contributed by atoms with E-state index in [-0.39, 0.29) is 17.2 Å². The molecule has 12 heavy (non-hydrogen) atoms. The van der Waals surface area contributed by atoms with Crippen LogP contribution in [0.2, 0.25) is 0 Å². The number of rotatable bonds is 1. The van der Waals surface area contributed by atoms with Crippen LogP contribution in [0.4, 0.5) is 0 Å². The molecule has 0 amide bonds. The normalized spacial score (nSPS) is 24.8. The zero-order chi connectivity index (χ0) is 9.19. The fourth-order valence-electron chi connectivity index (χ4n) is 0.969. The van der Waals surface area contributed by atoms with Crippen LogP contribution in [-0.4, -0.2) is 37.5 Å². The number of aliphatic carboxylic acids is 1. The van der Waals surface area contributed by atoms with Crippen molar-refractivity contribution in [2.75, 3.05) is 18.1 Å². The van der Waals surface area contributed by atoms with E-state index in [9.17, 15) is 13.2 Å². The molecule has 0 radical (unpaired) electrons. The molecule has 1 aliphatic heterocycles. The largest absolute Gasteiger partial charge is 0.478 e. The van der Waals surface area contributed by atoms with Crippen LogP contribution < -0.4 is 5.32 Å². The molecule has 1 saturated heterocycles. The highest BCUT2D eigenvalue weighted by molar-refractivity contribution is 7.91. The lowest BCUT2D eigenvalue weighted by molar-refractivity contribution is -0.131. The summed E-state index contributed by atoms with van der Waals surface area (Å²) in [5.41, 5.74) is 0.258. The Labute approximate surface area is 70.0 Å². The quantitative estimate of drug-likeness (QED) is 0.518. The molecule has 0 aromatic rings. The molecule has 1 aliphatic rings. The predicted molar refractivity (Wildman–Crippen MR) is 42.4 cm³/mol. The van der Waals surface area contributed by atoms with Gasteiger partial charge in [0.2, 0.25) is 0 Å². The van der Waals surface area contributed by atoms with E-state index in [1.54, 1.807) is 0 Å². The molecule has 1 heterocycles. The summed E-state index contributed by atoms with van der Waals surface area (Å²) in [5, 5.41) is 11.0. The van der Waals surface area contributed by atoms with E-state index in [1.165, 1.54) is 0 Å². The highest BCUT2D eigenvalue weighted by Gasteiger charge is 2.19. The van der Waals surface area contributed by atoms with Gasteiger partial charge in [-0.3, -0.25) is 0 Å². The number of nitrogens with one attached hydrogen (secondary N) is 1. The standard InChI is InChI=1S/C6H9NO4S/c8-6(9)3-5-4-12(10,11)2-1-7-5/h3,7H,1-2,4H2,(H,8,9)/b5-3-. The molecule has 1 fully saturated rings. The molecule has 0 bridgehead atoms. The van der Waals surface area contributed by atoms with Gasteiger partial charge in [-0.1, -0.05) is 0 Å². The van der Waals surface area contributed by atoms with E-state index in [4.69, 9.17) is 5.11 Å². The maximum Gasteiger partial charge on any atom is 0.330 e. The van der Waals surface area contributed by atoms with Crippen molar-refractivity contribution in [3.05, 3.63) is 11.8 Å². The molecule has 2 N–H and O–H groups in total. The van der Waals surface area contributed by atoms with Gasteiger partial charge < -0.3 is 10.4 Å². The summed E-state index contributed by atoms with van der Waals surface area (Å²) in [6, 6.07) is 0. The molecule has 0 unspecified atom stereocenters. The maximum absolute atomic E-state index is 11.0. The van der Waals surface area contributed by atoms with Crippen LogP contribution in [0.5, 0.6) is 0 Å². The SMILES string of the molecule is O=C(O)/C=C1/CS(=O)(=O)CCN1. The lowest BCUT2D eigenvalue weighted by Gasteiger charge is -2.16. The Bertz CT molecular complexity index is 316. The molecule has 0 spiro atoms. The lowest BCUT2D eigenvalue weighted by Crippen LogP contribution is -2.34. The van der Waals surface area contributed by atoms with Gasteiger partial charge >= 0.3 is 5.97 Å². The Morgan fingerprint density at radius 3 is 2.75 bits per heavy atom. The first-order valence-corrected chi connectivity index (χ1v) is 5.19. The van der Waals surface area contributed by atoms with E-state index in [1.807, 2.05) is 0 Å². The van der Waals surface area contributed by atoms with Gasteiger partial charge in [-0.15, -0.1) is 0 Å². The zero-order valence-corrected chi connectivity index (χ0v) is 7.10. The number of sulfone groups is 1. The fourth-order valence-corrected chi connectivity index (χ4v) is 2.19. The van der Waals surface area contributed by atoms with Gasteiger partial charge in [0.1, 0.15) is 0 Å². The first-order valence-electron chi connectivity index (χ1n) is 3.37. The van der Waals surface area contributed by atoms with Crippen molar-refractivity contribution in [2.24, 2.45) is 0 Å². The summed E-state index contributed by atoms with van der Waals surface area (Å²) >= 11 is 0. The summed E-state index contributed by atoms with van der Waals surface area (Å²) in [6.45, 7) is 0.293. The third kappa shape index (κ3) is 2.54. The van der Waals surface area contributed by atoms with Crippen LogP contribution in [0, 0.1) is 0 Å². The summed E-state index contributed by atoms with van der Waals surface area (Å²) in [7, 11) is -3.07. The van der Waals surface area contributed by atoms with Crippen molar-refractivity contribution in [2.45, 2.75) is 0 Å². The summed E-state index contributed by atoms with van der Waals surface area (Å²) in [4.78, 5) is 10.2. The molecule has 0 aromatic heterocycles. The maximum atomic E-state index is 11.0. The molecule has 0 saturated carbocycles. The number of hydrogen-bond acceptors (Lipinski definition) is 4. The van der Waals surface area contributed by atoms with Crippen molar-refractivity contribution < 1.29 is 18.3 Å². The molecule has 68 valence electrons. The molecule has 0 aliphatic carbocycles. The second kappa shape index (κ2) is 3.14. The monoisotopic (exact) mass is 191 g/mol. The Morgan fingerprint density at radius 2 is 2.25 bits per heavy atom. The van der Waals surface area contributed by atoms with Gasteiger partial charge in [0.25, 0.3) is 0 Å². The summed E-state index contributed by atoms with van der Waals surface area (Å²) in [6.07, 6.45) is 0.886. The van der Waals surface area contributed by atoms with Gasteiger partial charge in [0, 0.05) is 18.3 Å². The van der Waals surface area contributed by atoms with E-state index in [0.29, 0.717) is 6.54 Å². The third-order valence-corrected chi connectivity index (χ3v) is 3.02. The van der Waals surface area contributed by atoms with Crippen LogP contribution in [-0.2, 0) is 14.6 Å². The molecule has 6 heteroatoms. The number of carboxylic acid groups (broad SMARTS) is 1. The van der Waals surface area contributed by atoms with Crippen molar-refractivity contribution in [3.63, 3.8) is 0 Å². The molecule has 0 atom stereocenters. The van der Waals surface area contributed by atoms with Gasteiger partial charge in [-0.05, 0) is 0 Å². The summed E-state index contributed by atoms with van der Waals surface area (Å²) < 4.78 is 21.9. The van der Waals surface area contributed by atoms with Gasteiger partial charge in [-0.25, -0.2) is 13.2 Å². The van der Waals surface area contributed by atoms with Crippen LogP contribution in [0.3, 0.4) is 0 Å². The molecular weight excluding hydrogens is 182 g/mol. The lowest BCUT2D eigenvalue weighted by atomic mass is 10.4. The molecule has 0 aromatic carbocycles. The summed E-state index contributed by atoms with van der Waals surface area (Å²) in [5.74, 6) is -1.25. The average molecular weight is 191 g/mol. The Morgan fingerprint density at radius 1 is 1.58 bits per heavy atom. The van der Waals surface area contributed by atoms with Crippen LogP contribution in [0.15, 0.2) is 11.8 Å². The minimum atomic E-state index is -3.07. The van der Waals surface area contributed by atoms with Crippen molar-refractivity contribution in [3.8, 4) is 0 Å². The zero-order valence-electron chi connectivity index (χ0n) is 6.28. The van der Waals surface area contributed by atoms with E-state index >= 15 is 0 Å². The van der Waals surface area contributed by atoms with Gasteiger partial charge in [0.15, 0.2) is 9.84 Å². The third-order valence-electron chi connectivity index (χ3n) is 1.44. The number of carboxylic acids is 1. The topological polar surface area (TPSA) is 83.5 Å². The predicted octanol–water partition coefficient (Wildman–Crippen LogP) is -1.03. The van der Waals surface area contributed by atoms with Crippen molar-refractivity contribution in [1.29, 1.82) is 0 Å². The van der Waals surface area contributed by atoms with Gasteiger partial charge in [-0.2, -0.15) is 0 Å².